The predicted octanol–water partition coefficient (Wildman–Crippen LogP) is 4.09. The molecule has 0 saturated heterocycles. The SMILES string of the molecule is Cc1nc2cc(NS(=O)(=O)c3ccc4ccccc4c3)ccc2o1. The van der Waals surface area contributed by atoms with Crippen molar-refractivity contribution in [3.05, 3.63) is 66.6 Å². The Morgan fingerprint density at radius 3 is 2.58 bits per heavy atom. The minimum absolute atomic E-state index is 0.220. The van der Waals surface area contributed by atoms with E-state index in [1.54, 1.807) is 43.3 Å². The molecule has 0 aliphatic rings. The van der Waals surface area contributed by atoms with E-state index >= 15 is 0 Å². The molecule has 0 bridgehead atoms. The fraction of sp³-hybridized carbons (Fsp3) is 0.0556. The fourth-order valence-electron chi connectivity index (χ4n) is 2.65. The molecule has 0 saturated carbocycles. The summed E-state index contributed by atoms with van der Waals surface area (Å²) in [6, 6.07) is 17.7. The predicted molar refractivity (Wildman–Crippen MR) is 93.5 cm³/mol. The Hall–Kier alpha value is -2.86. The molecule has 3 aromatic carbocycles. The van der Waals surface area contributed by atoms with E-state index in [0.717, 1.165) is 10.8 Å². The first-order valence-electron chi connectivity index (χ1n) is 7.40. The second-order valence-electron chi connectivity index (χ2n) is 5.53. The zero-order valence-corrected chi connectivity index (χ0v) is 13.7. The molecule has 1 N–H and O–H groups in total. The van der Waals surface area contributed by atoms with Crippen molar-refractivity contribution in [1.29, 1.82) is 0 Å². The first-order chi connectivity index (χ1) is 11.5. The molecular formula is C18H14N2O3S. The maximum atomic E-state index is 12.6. The molecule has 6 heteroatoms. The normalized spacial score (nSPS) is 11.9. The van der Waals surface area contributed by atoms with Gasteiger partial charge in [0.05, 0.1) is 10.6 Å². The van der Waals surface area contributed by atoms with Crippen LogP contribution in [0, 0.1) is 6.92 Å². The van der Waals surface area contributed by atoms with Crippen LogP contribution < -0.4 is 4.72 Å². The van der Waals surface area contributed by atoms with Gasteiger partial charge in [0.15, 0.2) is 11.5 Å². The van der Waals surface area contributed by atoms with Crippen LogP contribution in [-0.4, -0.2) is 13.4 Å². The highest BCUT2D eigenvalue weighted by atomic mass is 32.2. The number of aryl methyl sites for hydroxylation is 1. The van der Waals surface area contributed by atoms with Crippen molar-refractivity contribution in [2.45, 2.75) is 11.8 Å². The number of fused-ring (bicyclic) bond motifs is 2. The Kier molecular flexibility index (Phi) is 3.28. The smallest absolute Gasteiger partial charge is 0.261 e. The summed E-state index contributed by atoms with van der Waals surface area (Å²) in [6.45, 7) is 1.75. The number of nitrogens with zero attached hydrogens (tertiary/aromatic N) is 1. The Balaban J connectivity index is 1.72. The monoisotopic (exact) mass is 338 g/mol. The van der Waals surface area contributed by atoms with E-state index < -0.39 is 10.0 Å². The van der Waals surface area contributed by atoms with Gasteiger partial charge in [-0.05, 0) is 41.1 Å². The number of hydrogen-bond acceptors (Lipinski definition) is 4. The molecule has 0 atom stereocenters. The van der Waals surface area contributed by atoms with Crippen LogP contribution in [0.2, 0.25) is 0 Å². The number of benzene rings is 3. The topological polar surface area (TPSA) is 72.2 Å². The van der Waals surface area contributed by atoms with Crippen LogP contribution in [-0.2, 0) is 10.0 Å². The van der Waals surface area contributed by atoms with Crippen molar-refractivity contribution in [3.8, 4) is 0 Å². The number of sulfonamides is 1. The van der Waals surface area contributed by atoms with Crippen LogP contribution in [0.3, 0.4) is 0 Å². The molecule has 24 heavy (non-hydrogen) atoms. The standard InChI is InChI=1S/C18H14N2O3S/c1-12-19-17-11-15(7-9-18(17)23-12)20-24(21,22)16-8-6-13-4-2-3-5-14(13)10-16/h2-11,20H,1H3. The quantitative estimate of drug-likeness (QED) is 0.611. The molecule has 0 aliphatic carbocycles. The maximum Gasteiger partial charge on any atom is 0.261 e. The Morgan fingerprint density at radius 2 is 1.75 bits per heavy atom. The average Bonchev–Trinajstić information content (AvgIpc) is 2.93. The van der Waals surface area contributed by atoms with Gasteiger partial charge in [0.1, 0.15) is 5.52 Å². The van der Waals surface area contributed by atoms with Gasteiger partial charge >= 0.3 is 0 Å². The lowest BCUT2D eigenvalue weighted by molar-refractivity contribution is 0.561. The van der Waals surface area contributed by atoms with E-state index in [-0.39, 0.29) is 4.90 Å². The summed E-state index contributed by atoms with van der Waals surface area (Å²) >= 11 is 0. The van der Waals surface area contributed by atoms with Crippen LogP contribution in [0.5, 0.6) is 0 Å². The van der Waals surface area contributed by atoms with Crippen molar-refractivity contribution in [3.63, 3.8) is 0 Å². The second kappa shape index (κ2) is 5.35. The summed E-state index contributed by atoms with van der Waals surface area (Å²) in [7, 11) is -3.68. The summed E-state index contributed by atoms with van der Waals surface area (Å²) < 4.78 is 33.3. The van der Waals surface area contributed by atoms with Crippen LogP contribution in [0.25, 0.3) is 21.9 Å². The number of hydrogen-bond donors (Lipinski definition) is 1. The second-order valence-corrected chi connectivity index (χ2v) is 7.21. The van der Waals surface area contributed by atoms with Gasteiger partial charge in [-0.3, -0.25) is 4.72 Å². The molecule has 0 radical (unpaired) electrons. The highest BCUT2D eigenvalue weighted by Gasteiger charge is 2.15. The average molecular weight is 338 g/mol. The summed E-state index contributed by atoms with van der Waals surface area (Å²) in [5, 5.41) is 1.87. The van der Waals surface area contributed by atoms with Gasteiger partial charge in [-0.2, -0.15) is 0 Å². The molecule has 4 aromatic rings. The molecule has 120 valence electrons. The summed E-state index contributed by atoms with van der Waals surface area (Å²) in [5.74, 6) is 0.541. The van der Waals surface area contributed by atoms with E-state index in [0.29, 0.717) is 22.7 Å². The van der Waals surface area contributed by atoms with Gasteiger partial charge in [-0.1, -0.05) is 30.3 Å². The van der Waals surface area contributed by atoms with Gasteiger partial charge in [-0.15, -0.1) is 0 Å². The zero-order chi connectivity index (χ0) is 16.7. The van der Waals surface area contributed by atoms with E-state index in [2.05, 4.69) is 9.71 Å². The van der Waals surface area contributed by atoms with Crippen molar-refractivity contribution < 1.29 is 12.8 Å². The molecule has 0 unspecified atom stereocenters. The first kappa shape index (κ1) is 14.7. The molecule has 5 nitrogen and oxygen atoms in total. The van der Waals surface area contributed by atoms with Gasteiger partial charge in [-0.25, -0.2) is 13.4 Å². The highest BCUT2D eigenvalue weighted by Crippen LogP contribution is 2.24. The van der Waals surface area contributed by atoms with Crippen molar-refractivity contribution in [2.75, 3.05) is 4.72 Å². The van der Waals surface area contributed by atoms with Gasteiger partial charge in [0.25, 0.3) is 10.0 Å². The number of rotatable bonds is 3. The Bertz CT molecular complexity index is 1160. The fourth-order valence-corrected chi connectivity index (χ4v) is 3.74. The van der Waals surface area contributed by atoms with E-state index in [9.17, 15) is 8.42 Å². The first-order valence-corrected chi connectivity index (χ1v) is 8.88. The van der Waals surface area contributed by atoms with E-state index in [4.69, 9.17) is 4.42 Å². The minimum atomic E-state index is -3.68. The number of aromatic nitrogens is 1. The van der Waals surface area contributed by atoms with Crippen LogP contribution in [0.15, 0.2) is 70.0 Å². The highest BCUT2D eigenvalue weighted by molar-refractivity contribution is 7.92. The number of nitrogens with one attached hydrogen (secondary N) is 1. The Labute approximate surface area is 139 Å². The molecule has 0 amide bonds. The van der Waals surface area contributed by atoms with Crippen LogP contribution >= 0.6 is 0 Å². The molecule has 0 aliphatic heterocycles. The Morgan fingerprint density at radius 1 is 0.958 bits per heavy atom. The minimum Gasteiger partial charge on any atom is -0.441 e. The third-order valence-corrected chi connectivity index (χ3v) is 5.16. The molecule has 1 aromatic heterocycles. The molecule has 0 spiro atoms. The van der Waals surface area contributed by atoms with Gasteiger partial charge < -0.3 is 4.42 Å². The van der Waals surface area contributed by atoms with Crippen molar-refractivity contribution >= 4 is 37.6 Å². The lowest BCUT2D eigenvalue weighted by atomic mass is 10.1. The molecule has 4 rings (SSSR count). The molecule has 0 fully saturated rings. The van der Waals surface area contributed by atoms with Gasteiger partial charge in [0, 0.05) is 6.92 Å². The maximum absolute atomic E-state index is 12.6. The largest absolute Gasteiger partial charge is 0.441 e. The van der Waals surface area contributed by atoms with Crippen molar-refractivity contribution in [2.24, 2.45) is 0 Å². The molecule has 1 heterocycles. The number of anilines is 1. The summed E-state index contributed by atoms with van der Waals surface area (Å²) in [6.07, 6.45) is 0. The summed E-state index contributed by atoms with van der Waals surface area (Å²) in [4.78, 5) is 4.44. The van der Waals surface area contributed by atoms with E-state index in [1.165, 1.54) is 0 Å². The lowest BCUT2D eigenvalue weighted by Crippen LogP contribution is -2.12. The van der Waals surface area contributed by atoms with Gasteiger partial charge in [0.2, 0.25) is 0 Å². The van der Waals surface area contributed by atoms with Crippen LogP contribution in [0.1, 0.15) is 5.89 Å². The zero-order valence-electron chi connectivity index (χ0n) is 12.9. The van der Waals surface area contributed by atoms with Crippen molar-refractivity contribution in [1.82, 2.24) is 4.98 Å². The third kappa shape index (κ3) is 2.61. The third-order valence-electron chi connectivity index (χ3n) is 3.78. The van der Waals surface area contributed by atoms with Crippen LogP contribution in [0.4, 0.5) is 5.69 Å². The summed E-state index contributed by atoms with van der Waals surface area (Å²) in [5.41, 5.74) is 1.69. The lowest BCUT2D eigenvalue weighted by Gasteiger charge is -2.09. The number of oxazole rings is 1. The van der Waals surface area contributed by atoms with E-state index in [1.807, 2.05) is 24.3 Å². The molecular weight excluding hydrogens is 324 g/mol.